The molecule has 0 aliphatic heterocycles. The van der Waals surface area contributed by atoms with E-state index in [0.717, 1.165) is 24.6 Å². The maximum Gasteiger partial charge on any atom is 0.211 e. The molecule has 0 aromatic carbocycles. The zero-order chi connectivity index (χ0) is 12.1. The lowest BCUT2D eigenvalue weighted by Gasteiger charge is -2.02. The molecule has 0 saturated carbocycles. The van der Waals surface area contributed by atoms with Gasteiger partial charge in [0.05, 0.1) is 0 Å². The number of nitrogens with zero attached hydrogens (tertiary/aromatic N) is 2. The number of rotatable bonds is 4. The van der Waals surface area contributed by atoms with Gasteiger partial charge in [-0.15, -0.1) is 0 Å². The van der Waals surface area contributed by atoms with E-state index in [0.29, 0.717) is 0 Å². The van der Waals surface area contributed by atoms with Crippen LogP contribution < -0.4 is 13.9 Å². The molecule has 17 heavy (non-hydrogen) atoms. The Morgan fingerprint density at radius 3 is 1.76 bits per heavy atom. The first-order valence-corrected chi connectivity index (χ1v) is 5.98. The van der Waals surface area contributed by atoms with Crippen molar-refractivity contribution in [3.8, 4) is 11.5 Å². The van der Waals surface area contributed by atoms with Crippen LogP contribution in [0.25, 0.3) is 0 Å². The average molecular weight is 230 g/mol. The molecule has 0 aliphatic rings. The summed E-state index contributed by atoms with van der Waals surface area (Å²) in [5.74, 6) is 1.73. The van der Waals surface area contributed by atoms with Crippen LogP contribution in [0.2, 0.25) is 0 Å². The molecule has 0 radical (unpaired) electrons. The Morgan fingerprint density at radius 1 is 0.882 bits per heavy atom. The topological polar surface area (TPSA) is 17.0 Å². The molecule has 3 heteroatoms. The molecule has 0 atom stereocenters. The van der Waals surface area contributed by atoms with Crippen molar-refractivity contribution in [3.63, 3.8) is 0 Å². The minimum atomic E-state index is 0.864. The molecule has 2 rings (SSSR count). The maximum atomic E-state index is 5.82. The molecule has 2 aromatic heterocycles. The smallest absolute Gasteiger partial charge is 0.211 e. The number of aryl methyl sites for hydroxylation is 2. The van der Waals surface area contributed by atoms with E-state index in [1.807, 2.05) is 49.1 Å². The number of aromatic nitrogens is 2. The lowest BCUT2D eigenvalue weighted by Crippen LogP contribution is -2.31. The second-order valence-electron chi connectivity index (χ2n) is 3.84. The van der Waals surface area contributed by atoms with Crippen LogP contribution in [-0.2, 0) is 13.1 Å². The van der Waals surface area contributed by atoms with E-state index in [2.05, 4.69) is 23.0 Å². The Balaban J connectivity index is 2.18. The summed E-state index contributed by atoms with van der Waals surface area (Å²) in [5.41, 5.74) is 0. The molecular formula is C14H18N2O+2. The average Bonchev–Trinajstić information content (AvgIpc) is 2.39. The van der Waals surface area contributed by atoms with Crippen molar-refractivity contribution in [1.82, 2.24) is 0 Å². The zero-order valence-electron chi connectivity index (χ0n) is 10.3. The Kier molecular flexibility index (Phi) is 3.70. The van der Waals surface area contributed by atoms with E-state index in [1.165, 1.54) is 0 Å². The highest BCUT2D eigenvalue weighted by atomic mass is 16.5. The van der Waals surface area contributed by atoms with Crippen molar-refractivity contribution < 1.29 is 13.9 Å². The summed E-state index contributed by atoms with van der Waals surface area (Å²) in [7, 11) is 0. The van der Waals surface area contributed by atoms with E-state index in [4.69, 9.17) is 4.74 Å². The molecule has 0 unspecified atom stereocenters. The second-order valence-corrected chi connectivity index (χ2v) is 3.84. The van der Waals surface area contributed by atoms with Crippen LogP contribution in [0.15, 0.2) is 49.1 Å². The molecule has 0 aliphatic carbocycles. The van der Waals surface area contributed by atoms with E-state index in [1.54, 1.807) is 0 Å². The van der Waals surface area contributed by atoms with Crippen LogP contribution in [0, 0.1) is 0 Å². The predicted octanol–water partition coefficient (Wildman–Crippen LogP) is 2.09. The van der Waals surface area contributed by atoms with Crippen LogP contribution >= 0.6 is 0 Å². The summed E-state index contributed by atoms with van der Waals surface area (Å²) in [6.07, 6.45) is 8.07. The first-order valence-electron chi connectivity index (χ1n) is 5.98. The Morgan fingerprint density at radius 2 is 1.35 bits per heavy atom. The molecular weight excluding hydrogens is 212 g/mol. The Labute approximate surface area is 102 Å². The summed E-state index contributed by atoms with van der Waals surface area (Å²) in [6.45, 7) is 6.11. The summed E-state index contributed by atoms with van der Waals surface area (Å²) >= 11 is 0. The van der Waals surface area contributed by atoms with Crippen LogP contribution in [0.4, 0.5) is 0 Å². The summed E-state index contributed by atoms with van der Waals surface area (Å²) < 4.78 is 10.0. The fourth-order valence-electron chi connectivity index (χ4n) is 1.65. The van der Waals surface area contributed by atoms with Gasteiger partial charge in [0.2, 0.25) is 12.4 Å². The van der Waals surface area contributed by atoms with Crippen molar-refractivity contribution >= 4 is 0 Å². The molecule has 88 valence electrons. The number of hydrogen-bond donors (Lipinski definition) is 0. The Bertz CT molecular complexity index is 452. The van der Waals surface area contributed by atoms with Gasteiger partial charge in [0, 0.05) is 12.1 Å². The van der Waals surface area contributed by atoms with Crippen LogP contribution in [0.3, 0.4) is 0 Å². The minimum absolute atomic E-state index is 0.864. The van der Waals surface area contributed by atoms with E-state index in [-0.39, 0.29) is 0 Å². The normalized spacial score (nSPS) is 10.2. The SMILES string of the molecule is CC[n+]1cccc(Oc2ccc[n+](CC)c2)c1. The van der Waals surface area contributed by atoms with Gasteiger partial charge < -0.3 is 4.74 Å². The summed E-state index contributed by atoms with van der Waals surface area (Å²) in [4.78, 5) is 0. The predicted molar refractivity (Wildman–Crippen MR) is 64.7 cm³/mol. The van der Waals surface area contributed by atoms with Crippen molar-refractivity contribution in [2.75, 3.05) is 0 Å². The van der Waals surface area contributed by atoms with Gasteiger partial charge in [0.15, 0.2) is 23.9 Å². The third-order valence-electron chi connectivity index (χ3n) is 2.63. The summed E-state index contributed by atoms with van der Waals surface area (Å²) in [5, 5.41) is 0. The van der Waals surface area contributed by atoms with Gasteiger partial charge in [-0.1, -0.05) is 0 Å². The first kappa shape index (κ1) is 11.6. The van der Waals surface area contributed by atoms with Gasteiger partial charge >= 0.3 is 0 Å². The highest BCUT2D eigenvalue weighted by Crippen LogP contribution is 2.17. The lowest BCUT2D eigenvalue weighted by atomic mass is 10.4. The second kappa shape index (κ2) is 5.43. The van der Waals surface area contributed by atoms with E-state index in [9.17, 15) is 0 Å². The van der Waals surface area contributed by atoms with Gasteiger partial charge in [-0.3, -0.25) is 0 Å². The molecule has 0 amide bonds. The highest BCUT2D eigenvalue weighted by Gasteiger charge is 2.05. The fraction of sp³-hybridized carbons (Fsp3) is 0.286. The van der Waals surface area contributed by atoms with Gasteiger partial charge in [-0.25, -0.2) is 9.13 Å². The van der Waals surface area contributed by atoms with Crippen LogP contribution in [0.1, 0.15) is 13.8 Å². The largest absolute Gasteiger partial charge is 0.445 e. The molecule has 0 N–H and O–H groups in total. The molecule has 3 nitrogen and oxygen atoms in total. The van der Waals surface area contributed by atoms with Crippen molar-refractivity contribution in [1.29, 1.82) is 0 Å². The van der Waals surface area contributed by atoms with Gasteiger partial charge in [-0.2, -0.15) is 0 Å². The first-order chi connectivity index (χ1) is 8.31. The molecule has 0 saturated heterocycles. The van der Waals surface area contributed by atoms with Crippen molar-refractivity contribution in [3.05, 3.63) is 49.1 Å². The molecule has 2 heterocycles. The highest BCUT2D eigenvalue weighted by molar-refractivity contribution is 5.23. The zero-order valence-corrected chi connectivity index (χ0v) is 10.3. The standard InChI is InChI=1S/C14H18N2O/c1-3-15-9-5-7-13(11-15)17-14-8-6-10-16(4-2)12-14/h5-12H,3-4H2,1-2H3/q+2. The fourth-order valence-corrected chi connectivity index (χ4v) is 1.65. The van der Waals surface area contributed by atoms with Gasteiger partial charge in [-0.05, 0) is 26.0 Å². The van der Waals surface area contributed by atoms with E-state index < -0.39 is 0 Å². The third-order valence-corrected chi connectivity index (χ3v) is 2.63. The van der Waals surface area contributed by atoms with Gasteiger partial charge in [0.25, 0.3) is 0 Å². The van der Waals surface area contributed by atoms with Crippen molar-refractivity contribution in [2.24, 2.45) is 0 Å². The lowest BCUT2D eigenvalue weighted by molar-refractivity contribution is -0.694. The molecule has 2 aromatic rings. The van der Waals surface area contributed by atoms with Crippen LogP contribution in [0.5, 0.6) is 11.5 Å². The Hall–Kier alpha value is -1.90. The number of hydrogen-bond acceptors (Lipinski definition) is 1. The maximum absolute atomic E-state index is 5.82. The van der Waals surface area contributed by atoms with Crippen LogP contribution in [-0.4, -0.2) is 0 Å². The van der Waals surface area contributed by atoms with E-state index >= 15 is 0 Å². The number of pyridine rings is 2. The van der Waals surface area contributed by atoms with Crippen molar-refractivity contribution in [2.45, 2.75) is 26.9 Å². The summed E-state index contributed by atoms with van der Waals surface area (Å²) in [6, 6.07) is 7.93. The third kappa shape index (κ3) is 3.03. The van der Waals surface area contributed by atoms with Gasteiger partial charge in [0.1, 0.15) is 13.1 Å². The minimum Gasteiger partial charge on any atom is -0.445 e. The quantitative estimate of drug-likeness (QED) is 0.735. The monoisotopic (exact) mass is 230 g/mol. The molecule has 0 spiro atoms. The molecule has 0 bridgehead atoms. The number of ether oxygens (including phenoxy) is 1. The molecule has 0 fully saturated rings.